The molecule has 0 aliphatic rings. The Morgan fingerprint density at radius 1 is 1.04 bits per heavy atom. The Labute approximate surface area is 160 Å². The minimum absolute atomic E-state index is 0.338. The first-order chi connectivity index (χ1) is 12.9. The highest BCUT2D eigenvalue weighted by Gasteiger charge is 2.16. The standard InChI is InChI=1S/C19H21N3O4S/c1-11-9-20-17-15(18(23)22(3)19(24)21(17)2)16(11)27-10-12-6-13(25-4)8-14(7-12)26-5/h6-9H,10H2,1-5H3. The molecule has 8 heteroatoms. The molecule has 0 radical (unpaired) electrons. The van der Waals surface area contributed by atoms with Crippen LogP contribution in [0.1, 0.15) is 11.1 Å². The average Bonchev–Trinajstić information content (AvgIpc) is 2.69. The highest BCUT2D eigenvalue weighted by atomic mass is 32.2. The highest BCUT2D eigenvalue weighted by molar-refractivity contribution is 7.98. The molecule has 0 aliphatic heterocycles. The van der Waals surface area contributed by atoms with E-state index < -0.39 is 5.69 Å². The Hall–Kier alpha value is -2.74. The molecule has 2 aromatic heterocycles. The molecule has 3 rings (SSSR count). The van der Waals surface area contributed by atoms with Crippen molar-refractivity contribution in [2.24, 2.45) is 14.1 Å². The van der Waals surface area contributed by atoms with Crippen LogP contribution in [0.3, 0.4) is 0 Å². The van der Waals surface area contributed by atoms with Crippen LogP contribution in [0, 0.1) is 6.92 Å². The number of hydrogen-bond acceptors (Lipinski definition) is 6. The van der Waals surface area contributed by atoms with Crippen LogP contribution < -0.4 is 20.7 Å². The molecule has 7 nitrogen and oxygen atoms in total. The van der Waals surface area contributed by atoms with Crippen LogP contribution in [-0.2, 0) is 19.8 Å². The number of methoxy groups -OCH3 is 2. The van der Waals surface area contributed by atoms with Gasteiger partial charge in [-0.15, -0.1) is 11.8 Å². The number of pyridine rings is 1. The summed E-state index contributed by atoms with van der Waals surface area (Å²) in [6.45, 7) is 1.91. The van der Waals surface area contributed by atoms with Crippen molar-refractivity contribution < 1.29 is 9.47 Å². The predicted molar refractivity (Wildman–Crippen MR) is 106 cm³/mol. The van der Waals surface area contributed by atoms with Crippen LogP contribution in [0.25, 0.3) is 11.0 Å². The zero-order valence-electron chi connectivity index (χ0n) is 15.9. The second kappa shape index (κ2) is 7.48. The Morgan fingerprint density at radius 2 is 1.67 bits per heavy atom. The normalized spacial score (nSPS) is 11.0. The molecular weight excluding hydrogens is 366 g/mol. The molecule has 0 amide bonds. The zero-order valence-corrected chi connectivity index (χ0v) is 16.7. The molecule has 2 heterocycles. The Morgan fingerprint density at radius 3 is 2.26 bits per heavy atom. The van der Waals surface area contributed by atoms with Crippen LogP contribution in [0.4, 0.5) is 0 Å². The first-order valence-electron chi connectivity index (χ1n) is 8.27. The number of aromatic nitrogens is 3. The molecular formula is C19H21N3O4S. The first-order valence-corrected chi connectivity index (χ1v) is 9.26. The summed E-state index contributed by atoms with van der Waals surface area (Å²) in [5, 5.41) is 0.458. The van der Waals surface area contributed by atoms with Gasteiger partial charge in [-0.1, -0.05) is 0 Å². The molecule has 0 atom stereocenters. The summed E-state index contributed by atoms with van der Waals surface area (Å²) >= 11 is 1.53. The summed E-state index contributed by atoms with van der Waals surface area (Å²) in [7, 11) is 6.31. The second-order valence-corrected chi connectivity index (χ2v) is 7.17. The lowest BCUT2D eigenvalue weighted by Gasteiger charge is -2.13. The predicted octanol–water partition coefficient (Wildman–Crippen LogP) is 2.25. The minimum atomic E-state index is -0.391. The number of ether oxygens (including phenoxy) is 2. The summed E-state index contributed by atoms with van der Waals surface area (Å²) in [6.07, 6.45) is 1.69. The first kappa shape index (κ1) is 19.0. The summed E-state index contributed by atoms with van der Waals surface area (Å²) in [5.41, 5.74) is 1.55. The number of fused-ring (bicyclic) bond motifs is 1. The van der Waals surface area contributed by atoms with Crippen molar-refractivity contribution in [1.82, 2.24) is 14.1 Å². The zero-order chi connectivity index (χ0) is 19.7. The number of rotatable bonds is 5. The van der Waals surface area contributed by atoms with Crippen molar-refractivity contribution in [3.63, 3.8) is 0 Å². The van der Waals surface area contributed by atoms with E-state index in [1.165, 1.54) is 23.4 Å². The SMILES string of the molecule is COc1cc(CSc2c(C)cnc3c2c(=O)n(C)c(=O)n3C)cc(OC)c1. The fraction of sp³-hybridized carbons (Fsp3) is 0.316. The molecule has 0 saturated heterocycles. The van der Waals surface area contributed by atoms with Gasteiger partial charge in [-0.2, -0.15) is 0 Å². The largest absolute Gasteiger partial charge is 0.497 e. The number of nitrogens with zero attached hydrogens (tertiary/aromatic N) is 3. The molecule has 142 valence electrons. The summed E-state index contributed by atoms with van der Waals surface area (Å²) in [5.74, 6) is 2.03. The lowest BCUT2D eigenvalue weighted by atomic mass is 10.2. The molecule has 0 saturated carbocycles. The van der Waals surface area contributed by atoms with E-state index in [4.69, 9.17) is 9.47 Å². The number of benzene rings is 1. The fourth-order valence-electron chi connectivity index (χ4n) is 2.89. The van der Waals surface area contributed by atoms with Crippen molar-refractivity contribution in [2.45, 2.75) is 17.6 Å². The van der Waals surface area contributed by atoms with Gasteiger partial charge in [-0.05, 0) is 30.2 Å². The van der Waals surface area contributed by atoms with Gasteiger partial charge in [-0.25, -0.2) is 9.78 Å². The van der Waals surface area contributed by atoms with Crippen LogP contribution in [0.15, 0.2) is 38.9 Å². The fourth-order valence-corrected chi connectivity index (χ4v) is 3.97. The van der Waals surface area contributed by atoms with E-state index in [0.717, 1.165) is 20.6 Å². The topological polar surface area (TPSA) is 75.4 Å². The Balaban J connectivity index is 2.09. The Kier molecular flexibility index (Phi) is 5.27. The van der Waals surface area contributed by atoms with Crippen LogP contribution in [-0.4, -0.2) is 28.3 Å². The molecule has 0 spiro atoms. The van der Waals surface area contributed by atoms with E-state index in [1.807, 2.05) is 25.1 Å². The average molecular weight is 387 g/mol. The van der Waals surface area contributed by atoms with Crippen molar-refractivity contribution in [3.05, 3.63) is 56.4 Å². The van der Waals surface area contributed by atoms with Gasteiger partial charge >= 0.3 is 5.69 Å². The van der Waals surface area contributed by atoms with Crippen molar-refractivity contribution in [2.75, 3.05) is 14.2 Å². The van der Waals surface area contributed by atoms with E-state index in [9.17, 15) is 9.59 Å². The van der Waals surface area contributed by atoms with Gasteiger partial charge in [0.25, 0.3) is 5.56 Å². The number of aryl methyl sites for hydroxylation is 2. The van der Waals surface area contributed by atoms with Crippen LogP contribution >= 0.6 is 11.8 Å². The van der Waals surface area contributed by atoms with E-state index in [0.29, 0.717) is 28.3 Å². The van der Waals surface area contributed by atoms with E-state index in [2.05, 4.69) is 4.98 Å². The minimum Gasteiger partial charge on any atom is -0.497 e. The van der Waals surface area contributed by atoms with E-state index >= 15 is 0 Å². The molecule has 3 aromatic rings. The van der Waals surface area contributed by atoms with Gasteiger partial charge in [0.05, 0.1) is 19.6 Å². The maximum absolute atomic E-state index is 12.7. The molecule has 27 heavy (non-hydrogen) atoms. The Bertz CT molecular complexity index is 1110. The quantitative estimate of drug-likeness (QED) is 0.625. The molecule has 0 unspecified atom stereocenters. The third-order valence-corrected chi connectivity index (χ3v) is 5.69. The maximum atomic E-state index is 12.7. The van der Waals surface area contributed by atoms with Crippen LogP contribution in [0.2, 0.25) is 0 Å². The second-order valence-electron chi connectivity index (χ2n) is 6.18. The van der Waals surface area contributed by atoms with E-state index in [-0.39, 0.29) is 5.56 Å². The van der Waals surface area contributed by atoms with Gasteiger partial charge in [0.1, 0.15) is 17.1 Å². The lowest BCUT2D eigenvalue weighted by Crippen LogP contribution is -2.37. The lowest BCUT2D eigenvalue weighted by molar-refractivity contribution is 0.393. The van der Waals surface area contributed by atoms with Gasteiger partial charge in [-0.3, -0.25) is 13.9 Å². The number of hydrogen-bond donors (Lipinski definition) is 0. The smallest absolute Gasteiger partial charge is 0.332 e. The van der Waals surface area contributed by atoms with Crippen molar-refractivity contribution >= 4 is 22.8 Å². The monoisotopic (exact) mass is 387 g/mol. The van der Waals surface area contributed by atoms with Gasteiger partial charge < -0.3 is 9.47 Å². The summed E-state index contributed by atoms with van der Waals surface area (Å²) < 4.78 is 13.1. The third-order valence-electron chi connectivity index (χ3n) is 4.39. The van der Waals surface area contributed by atoms with Crippen LogP contribution in [0.5, 0.6) is 11.5 Å². The number of thioether (sulfide) groups is 1. The summed E-state index contributed by atoms with van der Waals surface area (Å²) in [6, 6.07) is 5.68. The van der Waals surface area contributed by atoms with E-state index in [1.54, 1.807) is 27.5 Å². The van der Waals surface area contributed by atoms with Crippen molar-refractivity contribution in [3.8, 4) is 11.5 Å². The third kappa shape index (κ3) is 3.44. The molecule has 0 aliphatic carbocycles. The van der Waals surface area contributed by atoms with Gasteiger partial charge in [0.2, 0.25) is 0 Å². The molecule has 0 bridgehead atoms. The molecule has 0 N–H and O–H groups in total. The van der Waals surface area contributed by atoms with Gasteiger partial charge in [0.15, 0.2) is 0 Å². The maximum Gasteiger partial charge on any atom is 0.332 e. The summed E-state index contributed by atoms with van der Waals surface area (Å²) in [4.78, 5) is 30.0. The van der Waals surface area contributed by atoms with Crippen molar-refractivity contribution in [1.29, 1.82) is 0 Å². The molecule has 1 aromatic carbocycles. The highest BCUT2D eigenvalue weighted by Crippen LogP contribution is 2.32. The van der Waals surface area contributed by atoms with Gasteiger partial charge in [0, 0.05) is 37.0 Å². The molecule has 0 fully saturated rings.